The second-order valence-corrected chi connectivity index (χ2v) is 11.1. The Morgan fingerprint density at radius 1 is 1.16 bits per heavy atom. The lowest BCUT2D eigenvalue weighted by Crippen LogP contribution is -2.53. The maximum Gasteiger partial charge on any atom is 0.226 e. The maximum absolute atomic E-state index is 13.3. The number of hydrogen-bond acceptors (Lipinski definition) is 6. The van der Waals surface area contributed by atoms with Gasteiger partial charge in [0.05, 0.1) is 11.8 Å². The molecule has 1 unspecified atom stereocenters. The fourth-order valence-corrected chi connectivity index (χ4v) is 5.67. The summed E-state index contributed by atoms with van der Waals surface area (Å²) in [5.74, 6) is -0.565. The standard InChI is InChI=1S/C23H33N5O2S/c1-22(2,3)18-14-31-21(25-18)28-12-10-27(11-13-28)20(30)17-7-5-4-6-16(17)19(29)26-23(15-24)8-9-23/h14,16-17H,4-13H2,1-3H3,(H,26,29)/t16-,17?/m1/s1. The zero-order chi connectivity index (χ0) is 22.2. The Morgan fingerprint density at radius 2 is 1.81 bits per heavy atom. The topological polar surface area (TPSA) is 89.3 Å². The van der Waals surface area contributed by atoms with E-state index in [1.807, 2.05) is 4.90 Å². The van der Waals surface area contributed by atoms with Gasteiger partial charge in [-0.25, -0.2) is 4.98 Å². The highest BCUT2D eigenvalue weighted by Gasteiger charge is 2.47. The van der Waals surface area contributed by atoms with E-state index in [4.69, 9.17) is 4.98 Å². The van der Waals surface area contributed by atoms with Gasteiger partial charge in [0.2, 0.25) is 11.8 Å². The summed E-state index contributed by atoms with van der Waals surface area (Å²) in [5.41, 5.74) is 0.467. The first kappa shape index (κ1) is 22.1. The molecule has 2 aliphatic carbocycles. The number of piperazine rings is 1. The van der Waals surface area contributed by atoms with Crippen LogP contribution in [0.4, 0.5) is 5.13 Å². The van der Waals surface area contributed by atoms with Crippen molar-refractivity contribution in [1.82, 2.24) is 15.2 Å². The van der Waals surface area contributed by atoms with Crippen LogP contribution in [0, 0.1) is 23.2 Å². The van der Waals surface area contributed by atoms with Crippen molar-refractivity contribution in [2.24, 2.45) is 11.8 Å². The number of nitriles is 1. The van der Waals surface area contributed by atoms with Gasteiger partial charge in [-0.3, -0.25) is 9.59 Å². The number of carbonyl (C=O) groups is 2. The molecule has 2 amide bonds. The van der Waals surface area contributed by atoms with Gasteiger partial charge in [0, 0.05) is 48.8 Å². The van der Waals surface area contributed by atoms with Crippen LogP contribution in [0.1, 0.15) is 65.0 Å². The molecule has 31 heavy (non-hydrogen) atoms. The second-order valence-electron chi connectivity index (χ2n) is 10.3. The van der Waals surface area contributed by atoms with Gasteiger partial charge < -0.3 is 15.1 Å². The van der Waals surface area contributed by atoms with Gasteiger partial charge in [-0.05, 0) is 25.7 Å². The first-order valence-electron chi connectivity index (χ1n) is 11.5. The minimum atomic E-state index is -0.673. The van der Waals surface area contributed by atoms with Crippen LogP contribution < -0.4 is 10.2 Å². The largest absolute Gasteiger partial charge is 0.345 e. The number of nitrogens with one attached hydrogen (secondary N) is 1. The lowest BCUT2D eigenvalue weighted by atomic mass is 9.77. The van der Waals surface area contributed by atoms with Crippen LogP contribution in [0.25, 0.3) is 0 Å². The lowest BCUT2D eigenvalue weighted by molar-refractivity contribution is -0.144. The van der Waals surface area contributed by atoms with Crippen molar-refractivity contribution in [2.75, 3.05) is 31.1 Å². The summed E-state index contributed by atoms with van der Waals surface area (Å²) in [5, 5.41) is 15.4. The summed E-state index contributed by atoms with van der Waals surface area (Å²) in [6.45, 7) is 9.36. The number of aromatic nitrogens is 1. The van der Waals surface area contributed by atoms with E-state index in [1.54, 1.807) is 11.3 Å². The van der Waals surface area contributed by atoms with E-state index in [0.29, 0.717) is 13.1 Å². The third-order valence-electron chi connectivity index (χ3n) is 6.87. The van der Waals surface area contributed by atoms with E-state index in [-0.39, 0.29) is 29.1 Å². The normalized spacial score (nSPS) is 25.6. The van der Waals surface area contributed by atoms with Crippen LogP contribution in [0.5, 0.6) is 0 Å². The van der Waals surface area contributed by atoms with Gasteiger partial charge in [0.1, 0.15) is 5.54 Å². The van der Waals surface area contributed by atoms with E-state index in [1.165, 1.54) is 0 Å². The van der Waals surface area contributed by atoms with Gasteiger partial charge in [-0.2, -0.15) is 5.26 Å². The molecule has 0 spiro atoms. The molecule has 1 aromatic rings. The van der Waals surface area contributed by atoms with Crippen LogP contribution in [0.2, 0.25) is 0 Å². The fourth-order valence-electron chi connectivity index (χ4n) is 4.57. The molecule has 0 bridgehead atoms. The number of anilines is 1. The Kier molecular flexibility index (Phi) is 5.99. The Morgan fingerprint density at radius 3 is 2.35 bits per heavy atom. The number of thiazole rings is 1. The first-order chi connectivity index (χ1) is 14.7. The van der Waals surface area contributed by atoms with Crippen molar-refractivity contribution < 1.29 is 9.59 Å². The van der Waals surface area contributed by atoms with Crippen LogP contribution in [0.3, 0.4) is 0 Å². The van der Waals surface area contributed by atoms with E-state index < -0.39 is 5.54 Å². The van der Waals surface area contributed by atoms with Crippen molar-refractivity contribution in [3.8, 4) is 6.07 Å². The minimum Gasteiger partial charge on any atom is -0.345 e. The Hall–Kier alpha value is -2.14. The summed E-state index contributed by atoms with van der Waals surface area (Å²) >= 11 is 1.67. The molecule has 7 nitrogen and oxygen atoms in total. The molecular formula is C23H33N5O2S. The molecule has 3 aliphatic rings. The van der Waals surface area contributed by atoms with Gasteiger partial charge >= 0.3 is 0 Å². The van der Waals surface area contributed by atoms with Gasteiger partial charge in [-0.15, -0.1) is 11.3 Å². The van der Waals surface area contributed by atoms with Crippen molar-refractivity contribution >= 4 is 28.3 Å². The van der Waals surface area contributed by atoms with E-state index >= 15 is 0 Å². The predicted octanol–water partition coefficient (Wildman–Crippen LogP) is 3.07. The number of amides is 2. The fraction of sp³-hybridized carbons (Fsp3) is 0.739. The highest BCUT2D eigenvalue weighted by Crippen LogP contribution is 2.37. The molecule has 8 heteroatoms. The van der Waals surface area contributed by atoms with Crippen LogP contribution >= 0.6 is 11.3 Å². The van der Waals surface area contributed by atoms with E-state index in [0.717, 1.165) is 62.4 Å². The van der Waals surface area contributed by atoms with Crippen LogP contribution in [-0.2, 0) is 15.0 Å². The zero-order valence-electron chi connectivity index (χ0n) is 18.8. The average molecular weight is 444 g/mol. The molecule has 2 atom stereocenters. The summed E-state index contributed by atoms with van der Waals surface area (Å²) in [6, 6.07) is 2.22. The molecule has 1 aromatic heterocycles. The Balaban J connectivity index is 1.36. The SMILES string of the molecule is CC(C)(C)c1csc(N2CCN(C(=O)C3CCCC[C@H]3C(=O)NC3(C#N)CC3)CC2)n1. The summed E-state index contributed by atoms with van der Waals surface area (Å²) in [6.07, 6.45) is 4.89. The van der Waals surface area contributed by atoms with Crippen LogP contribution in [-0.4, -0.2) is 53.4 Å². The first-order valence-corrected chi connectivity index (χ1v) is 12.3. The van der Waals surface area contributed by atoms with Crippen molar-refractivity contribution in [2.45, 2.75) is 70.3 Å². The maximum atomic E-state index is 13.3. The monoisotopic (exact) mass is 443 g/mol. The molecule has 1 saturated heterocycles. The minimum absolute atomic E-state index is 0.0354. The Bertz CT molecular complexity index is 871. The number of rotatable bonds is 4. The molecule has 2 saturated carbocycles. The molecule has 2 heterocycles. The summed E-state index contributed by atoms with van der Waals surface area (Å²) < 4.78 is 0. The molecule has 1 aliphatic heterocycles. The molecular weight excluding hydrogens is 410 g/mol. The highest BCUT2D eigenvalue weighted by atomic mass is 32.1. The molecule has 0 radical (unpaired) electrons. The predicted molar refractivity (Wildman–Crippen MR) is 121 cm³/mol. The molecule has 4 rings (SSSR count). The molecule has 1 N–H and O–H groups in total. The van der Waals surface area contributed by atoms with Gasteiger partial charge in [0.15, 0.2) is 5.13 Å². The van der Waals surface area contributed by atoms with E-state index in [2.05, 4.69) is 42.4 Å². The third kappa shape index (κ3) is 4.72. The van der Waals surface area contributed by atoms with Crippen molar-refractivity contribution in [1.29, 1.82) is 5.26 Å². The second kappa shape index (κ2) is 8.42. The van der Waals surface area contributed by atoms with Crippen LogP contribution in [0.15, 0.2) is 5.38 Å². The van der Waals surface area contributed by atoms with Gasteiger partial charge in [0.25, 0.3) is 0 Å². The van der Waals surface area contributed by atoms with E-state index in [9.17, 15) is 14.9 Å². The Labute approximate surface area is 188 Å². The molecule has 168 valence electrons. The summed E-state index contributed by atoms with van der Waals surface area (Å²) in [4.78, 5) is 35.2. The number of nitrogens with zero attached hydrogens (tertiary/aromatic N) is 4. The van der Waals surface area contributed by atoms with Crippen molar-refractivity contribution in [3.63, 3.8) is 0 Å². The quantitative estimate of drug-likeness (QED) is 0.772. The smallest absolute Gasteiger partial charge is 0.226 e. The molecule has 0 aromatic carbocycles. The molecule has 3 fully saturated rings. The van der Waals surface area contributed by atoms with Crippen molar-refractivity contribution in [3.05, 3.63) is 11.1 Å². The summed E-state index contributed by atoms with van der Waals surface area (Å²) in [7, 11) is 0. The number of carbonyl (C=O) groups excluding carboxylic acids is 2. The average Bonchev–Trinajstić information content (AvgIpc) is 3.34. The number of hydrogen-bond donors (Lipinski definition) is 1. The third-order valence-corrected chi connectivity index (χ3v) is 7.77. The highest BCUT2D eigenvalue weighted by molar-refractivity contribution is 7.13. The zero-order valence-corrected chi connectivity index (χ0v) is 19.6. The van der Waals surface area contributed by atoms with Gasteiger partial charge in [-0.1, -0.05) is 33.6 Å². The lowest BCUT2D eigenvalue weighted by Gasteiger charge is -2.39.